The van der Waals surface area contributed by atoms with Crippen LogP contribution in [0, 0.1) is 0 Å². The number of rotatable bonds is 7. The molecule has 0 bridgehead atoms. The lowest BCUT2D eigenvalue weighted by molar-refractivity contribution is -0.148. The first-order chi connectivity index (χ1) is 14.0. The van der Waals surface area contributed by atoms with Crippen LogP contribution in [0.5, 0.6) is 0 Å². The molecule has 1 atom stereocenters. The first-order valence-electron chi connectivity index (χ1n) is 9.00. The van der Waals surface area contributed by atoms with Crippen LogP contribution in [0.15, 0.2) is 77.4 Å². The quantitative estimate of drug-likeness (QED) is 0.602. The van der Waals surface area contributed by atoms with Gasteiger partial charge < -0.3 is 19.8 Å². The lowest BCUT2D eigenvalue weighted by atomic mass is 10.0. The van der Waals surface area contributed by atoms with Gasteiger partial charge in [0.05, 0.1) is 6.26 Å². The third-order valence-corrected chi connectivity index (χ3v) is 4.08. The van der Waals surface area contributed by atoms with Crippen LogP contribution in [0.2, 0.25) is 0 Å². The fourth-order valence-electron chi connectivity index (χ4n) is 2.64. The largest absolute Gasteiger partial charge is 0.459 e. The van der Waals surface area contributed by atoms with Gasteiger partial charge in [-0.25, -0.2) is 4.79 Å². The molecule has 1 aromatic heterocycles. The minimum absolute atomic E-state index is 0.0833. The van der Waals surface area contributed by atoms with E-state index in [0.29, 0.717) is 5.69 Å². The lowest BCUT2D eigenvalue weighted by Gasteiger charge is -2.14. The van der Waals surface area contributed by atoms with Crippen molar-refractivity contribution in [3.05, 3.63) is 78.8 Å². The molecule has 148 valence electrons. The molecular formula is C22H20N2O5. The third-order valence-electron chi connectivity index (χ3n) is 4.08. The maximum atomic E-state index is 12.2. The van der Waals surface area contributed by atoms with Gasteiger partial charge in [0.2, 0.25) is 0 Å². The molecule has 7 nitrogen and oxygen atoms in total. The molecule has 1 heterocycles. The predicted octanol–water partition coefficient (Wildman–Crippen LogP) is 3.25. The molecule has 2 aromatic carbocycles. The summed E-state index contributed by atoms with van der Waals surface area (Å²) in [4.78, 5) is 36.2. The van der Waals surface area contributed by atoms with Crippen LogP contribution in [0.25, 0.3) is 11.1 Å². The molecular weight excluding hydrogens is 372 g/mol. The van der Waals surface area contributed by atoms with E-state index in [1.54, 1.807) is 18.2 Å². The van der Waals surface area contributed by atoms with Crippen molar-refractivity contribution in [2.45, 2.75) is 13.0 Å². The average Bonchev–Trinajstić information content (AvgIpc) is 3.28. The van der Waals surface area contributed by atoms with Gasteiger partial charge in [-0.15, -0.1) is 0 Å². The van der Waals surface area contributed by atoms with E-state index in [1.165, 1.54) is 19.3 Å². The van der Waals surface area contributed by atoms with Gasteiger partial charge >= 0.3 is 5.97 Å². The van der Waals surface area contributed by atoms with Gasteiger partial charge in [0.1, 0.15) is 6.04 Å². The topological polar surface area (TPSA) is 97.6 Å². The summed E-state index contributed by atoms with van der Waals surface area (Å²) < 4.78 is 9.97. The molecule has 0 saturated heterocycles. The Labute approximate surface area is 167 Å². The van der Waals surface area contributed by atoms with Crippen molar-refractivity contribution in [1.82, 2.24) is 5.32 Å². The number of hydrogen-bond donors (Lipinski definition) is 2. The maximum absolute atomic E-state index is 12.2. The van der Waals surface area contributed by atoms with Crippen LogP contribution in [-0.2, 0) is 14.3 Å². The van der Waals surface area contributed by atoms with Crippen molar-refractivity contribution in [3.8, 4) is 11.1 Å². The van der Waals surface area contributed by atoms with Crippen LogP contribution < -0.4 is 10.6 Å². The van der Waals surface area contributed by atoms with Crippen LogP contribution in [-0.4, -0.2) is 30.4 Å². The molecule has 3 aromatic rings. The van der Waals surface area contributed by atoms with Crippen molar-refractivity contribution in [2.75, 3.05) is 11.9 Å². The standard InChI is InChI=1S/C22H20N2O5/c1-15(23-21(26)19-12-7-13-28-19)22(27)29-14-20(25)24-18-11-6-5-10-17(18)16-8-3-2-4-9-16/h2-13,15H,14H2,1H3,(H,23,26)(H,24,25)/t15-/m1/s1. The number of furan rings is 1. The monoisotopic (exact) mass is 392 g/mol. The molecule has 7 heteroatoms. The van der Waals surface area contributed by atoms with Crippen LogP contribution in [0.1, 0.15) is 17.5 Å². The van der Waals surface area contributed by atoms with Gasteiger partial charge in [-0.05, 0) is 30.7 Å². The van der Waals surface area contributed by atoms with Gasteiger partial charge in [0.15, 0.2) is 12.4 Å². The van der Waals surface area contributed by atoms with E-state index in [9.17, 15) is 14.4 Å². The molecule has 0 radical (unpaired) electrons. The number of carbonyl (C=O) groups is 3. The number of carbonyl (C=O) groups excluding carboxylic acids is 3. The van der Waals surface area contributed by atoms with E-state index in [-0.39, 0.29) is 5.76 Å². The first-order valence-corrected chi connectivity index (χ1v) is 9.00. The Morgan fingerprint density at radius 3 is 2.41 bits per heavy atom. The number of anilines is 1. The van der Waals surface area contributed by atoms with E-state index in [1.807, 2.05) is 42.5 Å². The van der Waals surface area contributed by atoms with Crippen molar-refractivity contribution < 1.29 is 23.5 Å². The number of nitrogens with one attached hydrogen (secondary N) is 2. The lowest BCUT2D eigenvalue weighted by Crippen LogP contribution is -2.40. The fraction of sp³-hybridized carbons (Fsp3) is 0.136. The maximum Gasteiger partial charge on any atom is 0.328 e. The number of para-hydroxylation sites is 1. The van der Waals surface area contributed by atoms with Crippen molar-refractivity contribution >= 4 is 23.5 Å². The SMILES string of the molecule is C[C@@H](NC(=O)c1ccco1)C(=O)OCC(=O)Nc1ccccc1-c1ccccc1. The zero-order valence-electron chi connectivity index (χ0n) is 15.8. The molecule has 0 aliphatic heterocycles. The summed E-state index contributed by atoms with van der Waals surface area (Å²) in [6, 6.07) is 19.1. The predicted molar refractivity (Wildman–Crippen MR) is 107 cm³/mol. The smallest absolute Gasteiger partial charge is 0.328 e. The normalized spacial score (nSPS) is 11.3. The second-order valence-electron chi connectivity index (χ2n) is 6.24. The van der Waals surface area contributed by atoms with E-state index in [4.69, 9.17) is 9.15 Å². The van der Waals surface area contributed by atoms with E-state index in [0.717, 1.165) is 11.1 Å². The third kappa shape index (κ3) is 5.32. The molecule has 2 N–H and O–H groups in total. The second-order valence-corrected chi connectivity index (χ2v) is 6.24. The molecule has 0 unspecified atom stereocenters. The van der Waals surface area contributed by atoms with Gasteiger partial charge in [-0.3, -0.25) is 9.59 Å². The Kier molecular flexibility index (Phi) is 6.42. The van der Waals surface area contributed by atoms with Crippen LogP contribution in [0.4, 0.5) is 5.69 Å². The second kappa shape index (κ2) is 9.36. The molecule has 0 saturated carbocycles. The van der Waals surface area contributed by atoms with Crippen LogP contribution in [0.3, 0.4) is 0 Å². The Hall–Kier alpha value is -3.87. The summed E-state index contributed by atoms with van der Waals surface area (Å²) in [5.41, 5.74) is 2.42. The number of esters is 1. The van der Waals surface area contributed by atoms with Gasteiger partial charge in [-0.2, -0.15) is 0 Å². The van der Waals surface area contributed by atoms with E-state index < -0.39 is 30.4 Å². The minimum Gasteiger partial charge on any atom is -0.459 e. The highest BCUT2D eigenvalue weighted by atomic mass is 16.5. The number of benzene rings is 2. The van der Waals surface area contributed by atoms with Crippen molar-refractivity contribution in [1.29, 1.82) is 0 Å². The zero-order valence-corrected chi connectivity index (χ0v) is 15.8. The van der Waals surface area contributed by atoms with Gasteiger partial charge in [0.25, 0.3) is 11.8 Å². The highest BCUT2D eigenvalue weighted by Crippen LogP contribution is 2.27. The van der Waals surface area contributed by atoms with E-state index in [2.05, 4.69) is 10.6 Å². The Balaban J connectivity index is 1.54. The summed E-state index contributed by atoms with van der Waals surface area (Å²) in [6.07, 6.45) is 1.36. The molecule has 2 amide bonds. The van der Waals surface area contributed by atoms with Gasteiger partial charge in [0, 0.05) is 11.3 Å². The molecule has 29 heavy (non-hydrogen) atoms. The van der Waals surface area contributed by atoms with Crippen LogP contribution >= 0.6 is 0 Å². The average molecular weight is 392 g/mol. The first kappa shape index (κ1) is 19.9. The zero-order chi connectivity index (χ0) is 20.6. The summed E-state index contributed by atoms with van der Waals surface area (Å²) >= 11 is 0. The highest BCUT2D eigenvalue weighted by molar-refractivity contribution is 5.98. The number of ether oxygens (including phenoxy) is 1. The van der Waals surface area contributed by atoms with Gasteiger partial charge in [-0.1, -0.05) is 48.5 Å². The number of amides is 2. The summed E-state index contributed by atoms with van der Waals surface area (Å²) in [7, 11) is 0. The summed E-state index contributed by atoms with van der Waals surface area (Å²) in [6.45, 7) is 0.995. The van der Waals surface area contributed by atoms with Crippen molar-refractivity contribution in [2.24, 2.45) is 0 Å². The molecule has 0 fully saturated rings. The summed E-state index contributed by atoms with van der Waals surface area (Å²) in [5, 5.41) is 5.20. The fourth-order valence-corrected chi connectivity index (χ4v) is 2.64. The molecule has 0 spiro atoms. The molecule has 3 rings (SSSR count). The minimum atomic E-state index is -0.933. The molecule has 0 aliphatic rings. The number of hydrogen-bond acceptors (Lipinski definition) is 5. The Bertz CT molecular complexity index is 983. The van der Waals surface area contributed by atoms with Crippen molar-refractivity contribution in [3.63, 3.8) is 0 Å². The Morgan fingerprint density at radius 2 is 1.69 bits per heavy atom. The molecule has 0 aliphatic carbocycles. The van der Waals surface area contributed by atoms with E-state index >= 15 is 0 Å². The summed E-state index contributed by atoms with van der Waals surface area (Å²) in [5.74, 6) is -1.66. The highest BCUT2D eigenvalue weighted by Gasteiger charge is 2.20. The Morgan fingerprint density at radius 1 is 0.966 bits per heavy atom.